The third-order valence-electron chi connectivity index (χ3n) is 2.81. The molecule has 2 amide bonds. The fourth-order valence-electron chi connectivity index (χ4n) is 1.75. The topological polar surface area (TPSA) is 49.4 Å². The fraction of sp³-hybridized carbons (Fsp3) is 0.385. The molecule has 1 atom stereocenters. The van der Waals surface area contributed by atoms with Crippen LogP contribution in [-0.2, 0) is 4.79 Å². The first-order chi connectivity index (χ1) is 9.11. The molecule has 19 heavy (non-hydrogen) atoms. The maximum absolute atomic E-state index is 12.1. The zero-order chi connectivity index (χ0) is 13.8. The van der Waals surface area contributed by atoms with Gasteiger partial charge < -0.3 is 5.32 Å². The molecule has 1 unspecified atom stereocenters. The van der Waals surface area contributed by atoms with E-state index in [9.17, 15) is 9.59 Å². The Morgan fingerprint density at radius 3 is 2.63 bits per heavy atom. The van der Waals surface area contributed by atoms with Crippen molar-refractivity contribution in [3.8, 4) is 0 Å². The highest BCUT2D eigenvalue weighted by Crippen LogP contribution is 2.28. The van der Waals surface area contributed by atoms with Crippen LogP contribution in [0.25, 0.3) is 0 Å². The summed E-state index contributed by atoms with van der Waals surface area (Å²) >= 11 is 4.40. The standard InChI is InChI=1S/C13H15BrN2O2S/c1-2-3-8-16-12(17)11(19-13(16)18)15-10-6-4-9(14)5-7-10/h4-7,11,15H,2-3,8H2,1H3. The number of hydrogen-bond acceptors (Lipinski definition) is 4. The number of unbranched alkanes of at least 4 members (excludes halogenated alkanes) is 1. The molecule has 1 N–H and O–H groups in total. The number of rotatable bonds is 5. The minimum atomic E-state index is -0.509. The Morgan fingerprint density at radius 1 is 1.32 bits per heavy atom. The molecular weight excluding hydrogens is 328 g/mol. The number of amides is 2. The van der Waals surface area contributed by atoms with Crippen molar-refractivity contribution < 1.29 is 9.59 Å². The van der Waals surface area contributed by atoms with E-state index in [0.717, 1.165) is 34.8 Å². The molecule has 2 rings (SSSR count). The van der Waals surface area contributed by atoms with Crippen molar-refractivity contribution in [3.63, 3.8) is 0 Å². The number of benzene rings is 1. The lowest BCUT2D eigenvalue weighted by Gasteiger charge is -2.14. The second-order valence-electron chi connectivity index (χ2n) is 4.26. The molecule has 1 fully saturated rings. The van der Waals surface area contributed by atoms with Crippen LogP contribution in [0.4, 0.5) is 10.5 Å². The van der Waals surface area contributed by atoms with E-state index in [1.807, 2.05) is 31.2 Å². The average molecular weight is 343 g/mol. The Hall–Kier alpha value is -1.01. The van der Waals surface area contributed by atoms with Gasteiger partial charge in [0.15, 0.2) is 5.37 Å². The Morgan fingerprint density at radius 2 is 2.00 bits per heavy atom. The number of hydrogen-bond donors (Lipinski definition) is 1. The van der Waals surface area contributed by atoms with Crippen LogP contribution in [0.3, 0.4) is 0 Å². The quantitative estimate of drug-likeness (QED) is 0.886. The molecule has 6 heteroatoms. The molecule has 0 radical (unpaired) electrons. The van der Waals surface area contributed by atoms with Gasteiger partial charge in [-0.1, -0.05) is 29.3 Å². The molecule has 1 aliphatic rings. The second kappa shape index (κ2) is 6.43. The van der Waals surface area contributed by atoms with Crippen molar-refractivity contribution in [1.29, 1.82) is 0 Å². The van der Waals surface area contributed by atoms with Crippen molar-refractivity contribution in [2.24, 2.45) is 0 Å². The molecule has 1 aromatic rings. The molecular formula is C13H15BrN2O2S. The molecule has 1 saturated heterocycles. The van der Waals surface area contributed by atoms with Gasteiger partial charge in [0.1, 0.15) is 0 Å². The molecule has 0 bridgehead atoms. The highest BCUT2D eigenvalue weighted by molar-refractivity contribution is 9.10. The van der Waals surface area contributed by atoms with Crippen molar-refractivity contribution >= 4 is 44.5 Å². The minimum absolute atomic E-state index is 0.147. The Bertz CT molecular complexity index is 478. The summed E-state index contributed by atoms with van der Waals surface area (Å²) in [6.45, 7) is 2.55. The van der Waals surface area contributed by atoms with Crippen LogP contribution >= 0.6 is 27.7 Å². The third-order valence-corrected chi connectivity index (χ3v) is 4.31. The summed E-state index contributed by atoms with van der Waals surface area (Å²) in [4.78, 5) is 25.2. The highest BCUT2D eigenvalue weighted by atomic mass is 79.9. The van der Waals surface area contributed by atoms with E-state index >= 15 is 0 Å². The molecule has 0 saturated carbocycles. The first-order valence-corrected chi connectivity index (χ1v) is 7.83. The normalized spacial score (nSPS) is 19.1. The maximum Gasteiger partial charge on any atom is 0.290 e. The van der Waals surface area contributed by atoms with Crippen LogP contribution in [0.1, 0.15) is 19.8 Å². The lowest BCUT2D eigenvalue weighted by Crippen LogP contribution is -2.35. The van der Waals surface area contributed by atoms with Gasteiger partial charge in [0, 0.05) is 16.7 Å². The van der Waals surface area contributed by atoms with Crippen LogP contribution in [0, 0.1) is 0 Å². The van der Waals surface area contributed by atoms with Crippen molar-refractivity contribution in [2.75, 3.05) is 11.9 Å². The summed E-state index contributed by atoms with van der Waals surface area (Å²) < 4.78 is 0.976. The van der Waals surface area contributed by atoms with Gasteiger partial charge in [-0.05, 0) is 42.4 Å². The average Bonchev–Trinajstić information content (AvgIpc) is 2.65. The zero-order valence-corrected chi connectivity index (χ0v) is 13.0. The van der Waals surface area contributed by atoms with E-state index in [0.29, 0.717) is 6.54 Å². The Labute approximate surface area is 125 Å². The number of anilines is 1. The number of nitrogens with one attached hydrogen (secondary N) is 1. The SMILES string of the molecule is CCCCN1C(=O)SC(Nc2ccc(Br)cc2)C1=O. The van der Waals surface area contributed by atoms with Crippen LogP contribution in [0.2, 0.25) is 0 Å². The first kappa shape index (κ1) is 14.4. The first-order valence-electron chi connectivity index (χ1n) is 6.16. The third kappa shape index (κ3) is 3.51. The number of carbonyl (C=O) groups excluding carboxylic acids is 2. The van der Waals surface area contributed by atoms with Crippen LogP contribution in [0.5, 0.6) is 0 Å². The van der Waals surface area contributed by atoms with E-state index in [-0.39, 0.29) is 11.1 Å². The molecule has 1 aromatic carbocycles. The highest BCUT2D eigenvalue weighted by Gasteiger charge is 2.39. The van der Waals surface area contributed by atoms with Gasteiger partial charge in [-0.2, -0.15) is 0 Å². The molecule has 1 heterocycles. The summed E-state index contributed by atoms with van der Waals surface area (Å²) in [5.74, 6) is -0.147. The van der Waals surface area contributed by atoms with E-state index in [4.69, 9.17) is 0 Å². The molecule has 4 nitrogen and oxygen atoms in total. The van der Waals surface area contributed by atoms with Gasteiger partial charge in [0.2, 0.25) is 0 Å². The molecule has 0 aliphatic carbocycles. The smallest absolute Gasteiger partial charge is 0.290 e. The number of halogens is 1. The summed E-state index contributed by atoms with van der Waals surface area (Å²) in [5, 5.41) is 2.42. The predicted octanol–water partition coefficient (Wildman–Crippen LogP) is 3.68. The summed E-state index contributed by atoms with van der Waals surface area (Å²) in [6, 6.07) is 7.53. The van der Waals surface area contributed by atoms with Crippen molar-refractivity contribution in [1.82, 2.24) is 4.90 Å². The summed E-state index contributed by atoms with van der Waals surface area (Å²) in [7, 11) is 0. The Kier molecular flexibility index (Phi) is 4.87. The second-order valence-corrected chi connectivity index (χ2v) is 6.23. The number of imide groups is 1. The number of nitrogens with zero attached hydrogens (tertiary/aromatic N) is 1. The molecule has 1 aliphatic heterocycles. The fourth-order valence-corrected chi connectivity index (χ4v) is 2.95. The van der Waals surface area contributed by atoms with Crippen LogP contribution in [0.15, 0.2) is 28.7 Å². The van der Waals surface area contributed by atoms with E-state index in [1.54, 1.807) is 0 Å². The van der Waals surface area contributed by atoms with Crippen LogP contribution in [-0.4, -0.2) is 28.0 Å². The van der Waals surface area contributed by atoms with Gasteiger partial charge >= 0.3 is 0 Å². The van der Waals surface area contributed by atoms with E-state index < -0.39 is 5.37 Å². The number of thioether (sulfide) groups is 1. The van der Waals surface area contributed by atoms with Gasteiger partial charge in [-0.25, -0.2) is 0 Å². The lowest BCUT2D eigenvalue weighted by atomic mass is 10.3. The summed E-state index contributed by atoms with van der Waals surface area (Å²) in [5.41, 5.74) is 0.833. The van der Waals surface area contributed by atoms with E-state index in [2.05, 4.69) is 21.2 Å². The summed E-state index contributed by atoms with van der Waals surface area (Å²) in [6.07, 6.45) is 1.82. The van der Waals surface area contributed by atoms with Gasteiger partial charge in [-0.3, -0.25) is 14.5 Å². The largest absolute Gasteiger partial charge is 0.365 e. The van der Waals surface area contributed by atoms with E-state index in [1.165, 1.54) is 4.90 Å². The number of carbonyl (C=O) groups is 2. The van der Waals surface area contributed by atoms with Gasteiger partial charge in [0.05, 0.1) is 0 Å². The Balaban J connectivity index is 2.00. The monoisotopic (exact) mass is 342 g/mol. The zero-order valence-electron chi connectivity index (χ0n) is 10.6. The van der Waals surface area contributed by atoms with Crippen LogP contribution < -0.4 is 5.32 Å². The van der Waals surface area contributed by atoms with Crippen molar-refractivity contribution in [3.05, 3.63) is 28.7 Å². The lowest BCUT2D eigenvalue weighted by molar-refractivity contribution is -0.126. The van der Waals surface area contributed by atoms with Crippen molar-refractivity contribution in [2.45, 2.75) is 25.1 Å². The predicted molar refractivity (Wildman–Crippen MR) is 81.2 cm³/mol. The maximum atomic E-state index is 12.1. The van der Waals surface area contributed by atoms with Gasteiger partial charge in [-0.15, -0.1) is 0 Å². The molecule has 0 aromatic heterocycles. The minimum Gasteiger partial charge on any atom is -0.365 e. The molecule has 0 spiro atoms. The van der Waals surface area contributed by atoms with Gasteiger partial charge in [0.25, 0.3) is 11.1 Å². The molecule has 102 valence electrons.